The van der Waals surface area contributed by atoms with E-state index in [4.69, 9.17) is 5.73 Å². The highest BCUT2D eigenvalue weighted by atomic mass is 16.4. The van der Waals surface area contributed by atoms with Crippen LogP contribution in [0.3, 0.4) is 0 Å². The van der Waals surface area contributed by atoms with Crippen molar-refractivity contribution < 1.29 is 29.4 Å². The van der Waals surface area contributed by atoms with Crippen LogP contribution in [0.4, 0.5) is 0 Å². The number of hydrogen-bond donors (Lipinski definition) is 6. The second kappa shape index (κ2) is 14.8. The van der Waals surface area contributed by atoms with Gasteiger partial charge in [0, 0.05) is 12.8 Å². The Bertz CT molecular complexity index is 1060. The van der Waals surface area contributed by atoms with Gasteiger partial charge in [0.05, 0.1) is 6.10 Å². The van der Waals surface area contributed by atoms with Crippen LogP contribution < -0.4 is 21.7 Å². The molecule has 0 saturated carbocycles. The number of carboxylic acids is 1. The molecule has 10 heteroatoms. The molecule has 0 aromatic heterocycles. The largest absolute Gasteiger partial charge is 0.480 e. The maximum absolute atomic E-state index is 13.3. The SMILES string of the molecule is CC(C)CC(NC(=O)C(N)C(C)O)C(=O)NC(Cc1ccccc1)C(=O)NC(Cc1ccccc1)C(=O)O. The van der Waals surface area contributed by atoms with Gasteiger partial charge in [-0.1, -0.05) is 74.5 Å². The summed E-state index contributed by atoms with van der Waals surface area (Å²) >= 11 is 0. The molecule has 0 saturated heterocycles. The minimum absolute atomic E-state index is 0.0116. The molecule has 5 unspecified atom stereocenters. The van der Waals surface area contributed by atoms with Crippen molar-refractivity contribution >= 4 is 23.7 Å². The fourth-order valence-electron chi connectivity index (χ4n) is 3.84. The molecule has 10 nitrogen and oxygen atoms in total. The molecule has 7 N–H and O–H groups in total. The summed E-state index contributed by atoms with van der Waals surface area (Å²) in [5.74, 6) is -3.17. The molecule has 0 fully saturated rings. The Morgan fingerprint density at radius 3 is 1.58 bits per heavy atom. The summed E-state index contributed by atoms with van der Waals surface area (Å²) in [6.45, 7) is 5.11. The zero-order valence-corrected chi connectivity index (χ0v) is 22.0. The van der Waals surface area contributed by atoms with Crippen LogP contribution in [0.2, 0.25) is 0 Å². The van der Waals surface area contributed by atoms with Crippen molar-refractivity contribution in [1.82, 2.24) is 16.0 Å². The second-order valence-electron chi connectivity index (χ2n) is 9.80. The predicted molar refractivity (Wildman–Crippen MR) is 143 cm³/mol. The van der Waals surface area contributed by atoms with Crippen molar-refractivity contribution in [3.63, 3.8) is 0 Å². The van der Waals surface area contributed by atoms with Crippen molar-refractivity contribution in [1.29, 1.82) is 0 Å². The molecular formula is C28H38N4O6. The van der Waals surface area contributed by atoms with Gasteiger partial charge in [0.2, 0.25) is 17.7 Å². The summed E-state index contributed by atoms with van der Waals surface area (Å²) in [6, 6.07) is 13.3. The number of hydrogen-bond acceptors (Lipinski definition) is 6. The molecular weight excluding hydrogens is 488 g/mol. The van der Waals surface area contributed by atoms with E-state index in [1.807, 2.05) is 26.0 Å². The number of rotatable bonds is 14. The molecule has 0 aliphatic heterocycles. The van der Waals surface area contributed by atoms with Gasteiger partial charge < -0.3 is 31.9 Å². The number of carbonyl (C=O) groups is 4. The lowest BCUT2D eigenvalue weighted by atomic mass is 10.00. The normalized spacial score (nSPS) is 15.0. The summed E-state index contributed by atoms with van der Waals surface area (Å²) in [4.78, 5) is 51.0. The summed E-state index contributed by atoms with van der Waals surface area (Å²) in [6.07, 6.45) is -0.690. The summed E-state index contributed by atoms with van der Waals surface area (Å²) in [5.41, 5.74) is 7.21. The van der Waals surface area contributed by atoms with E-state index in [0.717, 1.165) is 11.1 Å². The zero-order chi connectivity index (χ0) is 28.2. The van der Waals surface area contributed by atoms with Crippen LogP contribution in [0.25, 0.3) is 0 Å². The fourth-order valence-corrected chi connectivity index (χ4v) is 3.84. The Morgan fingerprint density at radius 2 is 1.13 bits per heavy atom. The number of aliphatic carboxylic acids is 1. The van der Waals surface area contributed by atoms with Crippen LogP contribution in [-0.4, -0.2) is 64.2 Å². The molecule has 2 aromatic rings. The molecule has 0 bridgehead atoms. The average Bonchev–Trinajstić information content (AvgIpc) is 2.87. The van der Waals surface area contributed by atoms with Gasteiger partial charge in [-0.3, -0.25) is 14.4 Å². The minimum atomic E-state index is -1.23. The van der Waals surface area contributed by atoms with E-state index < -0.39 is 54.0 Å². The first-order valence-corrected chi connectivity index (χ1v) is 12.6. The molecule has 3 amide bonds. The van der Waals surface area contributed by atoms with Crippen molar-refractivity contribution in [2.24, 2.45) is 11.7 Å². The predicted octanol–water partition coefficient (Wildman–Crippen LogP) is 0.765. The quantitative estimate of drug-likeness (QED) is 0.211. The Labute approximate surface area is 223 Å². The molecule has 206 valence electrons. The number of benzene rings is 2. The first kappa shape index (κ1) is 30.5. The zero-order valence-electron chi connectivity index (χ0n) is 22.0. The van der Waals surface area contributed by atoms with Gasteiger partial charge in [-0.05, 0) is 30.4 Å². The summed E-state index contributed by atoms with van der Waals surface area (Å²) in [7, 11) is 0. The highest BCUT2D eigenvalue weighted by molar-refractivity contribution is 5.94. The van der Waals surface area contributed by atoms with Gasteiger partial charge >= 0.3 is 5.97 Å². The van der Waals surface area contributed by atoms with Gasteiger partial charge in [-0.25, -0.2) is 4.79 Å². The molecule has 0 aliphatic carbocycles. The summed E-state index contributed by atoms with van der Waals surface area (Å²) < 4.78 is 0. The van der Waals surface area contributed by atoms with Gasteiger partial charge in [0.15, 0.2) is 0 Å². The van der Waals surface area contributed by atoms with Crippen molar-refractivity contribution in [3.8, 4) is 0 Å². The lowest BCUT2D eigenvalue weighted by Gasteiger charge is -2.26. The molecule has 0 heterocycles. The Morgan fingerprint density at radius 1 is 0.711 bits per heavy atom. The molecule has 0 spiro atoms. The molecule has 2 aromatic carbocycles. The number of amides is 3. The Balaban J connectivity index is 2.25. The highest BCUT2D eigenvalue weighted by Gasteiger charge is 2.31. The number of aliphatic hydroxyl groups excluding tert-OH is 1. The third-order valence-electron chi connectivity index (χ3n) is 5.98. The van der Waals surface area contributed by atoms with Crippen LogP contribution >= 0.6 is 0 Å². The van der Waals surface area contributed by atoms with E-state index in [2.05, 4.69) is 16.0 Å². The van der Waals surface area contributed by atoms with E-state index >= 15 is 0 Å². The van der Waals surface area contributed by atoms with E-state index in [1.165, 1.54) is 6.92 Å². The second-order valence-corrected chi connectivity index (χ2v) is 9.80. The van der Waals surface area contributed by atoms with E-state index in [0.29, 0.717) is 0 Å². The highest BCUT2D eigenvalue weighted by Crippen LogP contribution is 2.10. The number of nitrogens with one attached hydrogen (secondary N) is 3. The maximum Gasteiger partial charge on any atom is 0.326 e. The van der Waals surface area contributed by atoms with Gasteiger partial charge in [-0.2, -0.15) is 0 Å². The van der Waals surface area contributed by atoms with Crippen LogP contribution in [0.1, 0.15) is 38.3 Å². The first-order valence-electron chi connectivity index (χ1n) is 12.6. The standard InChI is InChI=1S/C28H38N4O6/c1-17(2)14-21(31-27(36)24(29)18(3)33)25(34)30-22(15-19-10-6-4-7-11-19)26(35)32-23(28(37)38)16-20-12-8-5-9-13-20/h4-13,17-18,21-24,33H,14-16,29H2,1-3H3,(H,30,34)(H,31,36)(H,32,35)(H,37,38). The smallest absolute Gasteiger partial charge is 0.326 e. The molecule has 0 aliphatic rings. The van der Waals surface area contributed by atoms with Crippen molar-refractivity contribution in [3.05, 3.63) is 71.8 Å². The van der Waals surface area contributed by atoms with Crippen LogP contribution in [0, 0.1) is 5.92 Å². The van der Waals surface area contributed by atoms with Gasteiger partial charge in [0.25, 0.3) is 0 Å². The van der Waals surface area contributed by atoms with Crippen molar-refractivity contribution in [2.75, 3.05) is 0 Å². The van der Waals surface area contributed by atoms with Crippen LogP contribution in [-0.2, 0) is 32.0 Å². The third kappa shape index (κ3) is 9.95. The van der Waals surface area contributed by atoms with Gasteiger partial charge in [0.1, 0.15) is 24.2 Å². The van der Waals surface area contributed by atoms with Crippen LogP contribution in [0.15, 0.2) is 60.7 Å². The Kier molecular flexibility index (Phi) is 11.9. The molecule has 5 atom stereocenters. The number of carbonyl (C=O) groups excluding carboxylic acids is 3. The Hall–Kier alpha value is -3.76. The van der Waals surface area contributed by atoms with E-state index in [1.54, 1.807) is 48.5 Å². The minimum Gasteiger partial charge on any atom is -0.480 e. The number of aliphatic hydroxyl groups is 1. The summed E-state index contributed by atoms with van der Waals surface area (Å²) in [5, 5.41) is 27.2. The van der Waals surface area contributed by atoms with Gasteiger partial charge in [-0.15, -0.1) is 0 Å². The molecule has 38 heavy (non-hydrogen) atoms. The van der Waals surface area contributed by atoms with Crippen LogP contribution in [0.5, 0.6) is 0 Å². The van der Waals surface area contributed by atoms with Crippen molar-refractivity contribution in [2.45, 2.75) is 70.3 Å². The monoisotopic (exact) mass is 526 g/mol. The fraction of sp³-hybridized carbons (Fsp3) is 0.429. The topological polar surface area (TPSA) is 171 Å². The number of nitrogens with two attached hydrogens (primary N) is 1. The van der Waals surface area contributed by atoms with E-state index in [-0.39, 0.29) is 25.2 Å². The maximum atomic E-state index is 13.3. The van der Waals surface area contributed by atoms with E-state index in [9.17, 15) is 29.4 Å². The lowest BCUT2D eigenvalue weighted by Crippen LogP contribution is -2.58. The lowest BCUT2D eigenvalue weighted by molar-refractivity contribution is -0.142. The molecule has 2 rings (SSSR count). The third-order valence-corrected chi connectivity index (χ3v) is 5.98. The average molecular weight is 527 g/mol. The molecule has 0 radical (unpaired) electrons. The number of carboxylic acid groups (broad SMARTS) is 1. The first-order chi connectivity index (χ1) is 18.0.